The summed E-state index contributed by atoms with van der Waals surface area (Å²) in [6.45, 7) is 2.92. The molecular formula is C13H18N2O. The van der Waals surface area contributed by atoms with E-state index in [0.29, 0.717) is 0 Å². The Kier molecular flexibility index (Phi) is 3.59. The van der Waals surface area contributed by atoms with Gasteiger partial charge in [0, 0.05) is 0 Å². The van der Waals surface area contributed by atoms with E-state index < -0.39 is 0 Å². The number of nitrogens with two attached hydrogens (primary N) is 1. The number of nitrogens with one attached hydrogen (secondary N) is 1. The van der Waals surface area contributed by atoms with Crippen LogP contribution in [-0.2, 0) is 4.74 Å². The van der Waals surface area contributed by atoms with Crippen LogP contribution < -0.4 is 11.3 Å². The molecule has 1 aliphatic heterocycles. The first-order valence-corrected chi connectivity index (χ1v) is 5.65. The van der Waals surface area contributed by atoms with Crippen LogP contribution in [0.4, 0.5) is 0 Å². The van der Waals surface area contributed by atoms with E-state index in [2.05, 4.69) is 24.5 Å². The molecular weight excluding hydrogens is 200 g/mol. The van der Waals surface area contributed by atoms with E-state index in [1.807, 2.05) is 18.4 Å². The molecule has 2 rings (SSSR count). The second kappa shape index (κ2) is 5.14. The normalized spacial score (nSPS) is 17.5. The number of rotatable bonds is 3. The zero-order valence-electron chi connectivity index (χ0n) is 9.57. The van der Waals surface area contributed by atoms with E-state index >= 15 is 0 Å². The third-order valence-electron chi connectivity index (χ3n) is 3.00. The summed E-state index contributed by atoms with van der Waals surface area (Å²) in [5.41, 5.74) is 6.58. The van der Waals surface area contributed by atoms with Gasteiger partial charge in [-0.2, -0.15) is 0 Å². The largest absolute Gasteiger partial charge is 0.501 e. The number of aryl methyl sites for hydroxylation is 1. The van der Waals surface area contributed by atoms with Gasteiger partial charge >= 0.3 is 0 Å². The molecule has 86 valence electrons. The quantitative estimate of drug-likeness (QED) is 0.604. The van der Waals surface area contributed by atoms with Crippen molar-refractivity contribution in [1.29, 1.82) is 0 Å². The van der Waals surface area contributed by atoms with E-state index in [1.54, 1.807) is 0 Å². The maximum atomic E-state index is 5.66. The van der Waals surface area contributed by atoms with Crippen LogP contribution in [-0.4, -0.2) is 6.61 Å². The Balaban J connectivity index is 2.28. The maximum absolute atomic E-state index is 5.66. The highest BCUT2D eigenvalue weighted by Crippen LogP contribution is 2.28. The molecule has 3 heteroatoms. The topological polar surface area (TPSA) is 47.3 Å². The summed E-state index contributed by atoms with van der Waals surface area (Å²) in [5, 5.41) is 0. The summed E-state index contributed by atoms with van der Waals surface area (Å²) in [7, 11) is 0. The molecule has 3 nitrogen and oxygen atoms in total. The van der Waals surface area contributed by atoms with Crippen molar-refractivity contribution >= 4 is 0 Å². The van der Waals surface area contributed by atoms with Crippen molar-refractivity contribution in [2.75, 3.05) is 6.61 Å². The highest BCUT2D eigenvalue weighted by Gasteiger charge is 2.18. The lowest BCUT2D eigenvalue weighted by molar-refractivity contribution is 0.219. The summed E-state index contributed by atoms with van der Waals surface area (Å²) in [6, 6.07) is 8.36. The Labute approximate surface area is 96.3 Å². The Morgan fingerprint density at radius 3 is 2.81 bits per heavy atom. The lowest BCUT2D eigenvalue weighted by atomic mass is 9.93. The van der Waals surface area contributed by atoms with Crippen molar-refractivity contribution < 1.29 is 4.74 Å². The summed E-state index contributed by atoms with van der Waals surface area (Å²) in [4.78, 5) is 0. The fourth-order valence-electron chi connectivity index (χ4n) is 2.10. The van der Waals surface area contributed by atoms with Gasteiger partial charge in [-0.1, -0.05) is 24.3 Å². The molecule has 0 saturated heterocycles. The molecule has 3 N–H and O–H groups in total. The van der Waals surface area contributed by atoms with Crippen molar-refractivity contribution in [3.63, 3.8) is 0 Å². The monoisotopic (exact) mass is 218 g/mol. The van der Waals surface area contributed by atoms with Crippen molar-refractivity contribution in [3.8, 4) is 0 Å². The van der Waals surface area contributed by atoms with Crippen molar-refractivity contribution in [3.05, 3.63) is 47.2 Å². The first kappa shape index (κ1) is 11.2. The fraction of sp³-hybridized carbons (Fsp3) is 0.385. The van der Waals surface area contributed by atoms with E-state index in [-0.39, 0.29) is 6.04 Å². The Bertz CT molecular complexity index is 387. The fourth-order valence-corrected chi connectivity index (χ4v) is 2.10. The third-order valence-corrected chi connectivity index (χ3v) is 3.00. The second-order valence-corrected chi connectivity index (χ2v) is 4.12. The van der Waals surface area contributed by atoms with Crippen LogP contribution in [0.15, 0.2) is 36.1 Å². The second-order valence-electron chi connectivity index (χ2n) is 4.12. The molecule has 0 aromatic heterocycles. The van der Waals surface area contributed by atoms with Crippen LogP contribution >= 0.6 is 0 Å². The van der Waals surface area contributed by atoms with Crippen LogP contribution in [0.3, 0.4) is 0 Å². The summed E-state index contributed by atoms with van der Waals surface area (Å²) >= 11 is 0. The smallest absolute Gasteiger partial charge is 0.0876 e. The van der Waals surface area contributed by atoms with Gasteiger partial charge in [0.05, 0.1) is 18.9 Å². The third kappa shape index (κ3) is 2.26. The van der Waals surface area contributed by atoms with Gasteiger partial charge in [0.15, 0.2) is 0 Å². The van der Waals surface area contributed by atoms with Crippen LogP contribution in [0.25, 0.3) is 0 Å². The van der Waals surface area contributed by atoms with E-state index in [1.165, 1.54) is 16.7 Å². The zero-order chi connectivity index (χ0) is 11.4. The van der Waals surface area contributed by atoms with Gasteiger partial charge in [-0.3, -0.25) is 5.84 Å². The maximum Gasteiger partial charge on any atom is 0.0876 e. The van der Waals surface area contributed by atoms with E-state index in [9.17, 15) is 0 Å². The summed E-state index contributed by atoms with van der Waals surface area (Å²) in [6.07, 6.45) is 3.96. The lowest BCUT2D eigenvalue weighted by Gasteiger charge is -2.24. The Morgan fingerprint density at radius 1 is 1.38 bits per heavy atom. The molecule has 1 aromatic rings. The Morgan fingerprint density at radius 2 is 2.19 bits per heavy atom. The van der Waals surface area contributed by atoms with Gasteiger partial charge in [-0.15, -0.1) is 0 Å². The van der Waals surface area contributed by atoms with Crippen molar-refractivity contribution in [2.24, 2.45) is 5.84 Å². The molecule has 0 spiro atoms. The molecule has 0 aliphatic carbocycles. The number of ether oxygens (including phenoxy) is 1. The van der Waals surface area contributed by atoms with Crippen molar-refractivity contribution in [2.45, 2.75) is 25.8 Å². The van der Waals surface area contributed by atoms with Crippen LogP contribution in [0, 0.1) is 6.92 Å². The molecule has 0 fully saturated rings. The first-order valence-electron chi connectivity index (χ1n) is 5.65. The van der Waals surface area contributed by atoms with Crippen LogP contribution in [0.1, 0.15) is 30.0 Å². The molecule has 0 bridgehead atoms. The van der Waals surface area contributed by atoms with Crippen molar-refractivity contribution in [1.82, 2.24) is 5.43 Å². The molecule has 0 radical (unpaired) electrons. The number of hydrogen-bond acceptors (Lipinski definition) is 3. The number of benzene rings is 1. The highest BCUT2D eigenvalue weighted by molar-refractivity contribution is 5.34. The molecule has 1 unspecified atom stereocenters. The minimum Gasteiger partial charge on any atom is -0.501 e. The molecule has 1 aliphatic rings. The van der Waals surface area contributed by atoms with Crippen LogP contribution in [0.2, 0.25) is 0 Å². The molecule has 0 amide bonds. The highest BCUT2D eigenvalue weighted by atomic mass is 16.5. The lowest BCUT2D eigenvalue weighted by Crippen LogP contribution is -2.30. The predicted octanol–water partition coefficient (Wildman–Crippen LogP) is 2.19. The standard InChI is InChI=1S/C13H18N2O/c1-10-5-2-3-7-12(10)13(15-14)11-6-4-8-16-9-11/h2-3,5,7,9,13,15H,4,6,8,14H2,1H3. The number of hydrogen-bond donors (Lipinski definition) is 2. The SMILES string of the molecule is Cc1ccccc1C(NN)C1=COCCC1. The Hall–Kier alpha value is -1.32. The molecule has 1 heterocycles. The summed E-state index contributed by atoms with van der Waals surface area (Å²) < 4.78 is 5.37. The molecule has 1 atom stereocenters. The molecule has 1 aromatic carbocycles. The van der Waals surface area contributed by atoms with Gasteiger partial charge in [0.2, 0.25) is 0 Å². The first-order chi connectivity index (χ1) is 7.83. The van der Waals surface area contributed by atoms with Gasteiger partial charge in [-0.25, -0.2) is 5.43 Å². The van der Waals surface area contributed by atoms with E-state index in [4.69, 9.17) is 10.6 Å². The minimum atomic E-state index is 0.0708. The molecule has 0 saturated carbocycles. The van der Waals surface area contributed by atoms with Gasteiger partial charge in [0.25, 0.3) is 0 Å². The average molecular weight is 218 g/mol. The summed E-state index contributed by atoms with van der Waals surface area (Å²) in [5.74, 6) is 5.66. The zero-order valence-corrected chi connectivity index (χ0v) is 9.57. The van der Waals surface area contributed by atoms with Gasteiger partial charge in [-0.05, 0) is 36.5 Å². The average Bonchev–Trinajstić information content (AvgIpc) is 2.34. The number of hydrazine groups is 1. The minimum absolute atomic E-state index is 0.0708. The van der Waals surface area contributed by atoms with Gasteiger partial charge in [0.1, 0.15) is 0 Å². The van der Waals surface area contributed by atoms with Crippen LogP contribution in [0.5, 0.6) is 0 Å². The molecule has 16 heavy (non-hydrogen) atoms. The van der Waals surface area contributed by atoms with Gasteiger partial charge < -0.3 is 4.74 Å². The van der Waals surface area contributed by atoms with E-state index in [0.717, 1.165) is 19.4 Å². The predicted molar refractivity (Wildman–Crippen MR) is 64.5 cm³/mol.